The summed E-state index contributed by atoms with van der Waals surface area (Å²) >= 11 is 0. The number of hydrogen-bond acceptors (Lipinski definition) is 3. The third-order valence-corrected chi connectivity index (χ3v) is 2.35. The second-order valence-corrected chi connectivity index (χ2v) is 3.61. The van der Waals surface area contributed by atoms with E-state index in [0.29, 0.717) is 6.54 Å². The van der Waals surface area contributed by atoms with Gasteiger partial charge in [-0.3, -0.25) is 4.79 Å². The second-order valence-electron chi connectivity index (χ2n) is 3.61. The fraction of sp³-hybridized carbons (Fsp3) is 0.333. The maximum absolute atomic E-state index is 11.8. The summed E-state index contributed by atoms with van der Waals surface area (Å²) in [7, 11) is 1.54. The second kappa shape index (κ2) is 6.00. The number of ether oxygens (including phenoxy) is 1. The summed E-state index contributed by atoms with van der Waals surface area (Å²) in [6.45, 7) is 2.15. The van der Waals surface area contributed by atoms with Crippen molar-refractivity contribution in [3.63, 3.8) is 0 Å². The monoisotopic (exact) mass is 237 g/mol. The molecule has 5 heteroatoms. The van der Waals surface area contributed by atoms with Crippen LogP contribution in [0.15, 0.2) is 24.3 Å². The van der Waals surface area contributed by atoms with Crippen molar-refractivity contribution in [2.45, 2.75) is 13.0 Å². The molecular formula is C12H15NO4. The first kappa shape index (κ1) is 13.2. The lowest BCUT2D eigenvalue weighted by atomic mass is 10.1. The van der Waals surface area contributed by atoms with Gasteiger partial charge in [-0.1, -0.05) is 12.1 Å². The zero-order chi connectivity index (χ0) is 12.8. The Bertz CT molecular complexity index is 417. The van der Waals surface area contributed by atoms with Crippen LogP contribution in [0.2, 0.25) is 0 Å². The molecule has 1 aromatic rings. The van der Waals surface area contributed by atoms with Crippen LogP contribution >= 0.6 is 0 Å². The Labute approximate surface area is 99.4 Å². The van der Waals surface area contributed by atoms with E-state index < -0.39 is 11.9 Å². The average molecular weight is 237 g/mol. The van der Waals surface area contributed by atoms with E-state index in [1.54, 1.807) is 19.2 Å². The minimum absolute atomic E-state index is 0.00456. The standard InChI is InChI=1S/C12H15NO4/c1-8(17-2)7-13-11(14)9-5-3-4-6-10(9)12(15)16/h3-6,8H,7H2,1-2H3,(H,13,14)(H,15,16). The summed E-state index contributed by atoms with van der Waals surface area (Å²) in [6.07, 6.45) is -0.115. The van der Waals surface area contributed by atoms with E-state index in [2.05, 4.69) is 5.32 Å². The van der Waals surface area contributed by atoms with Crippen LogP contribution in [0.25, 0.3) is 0 Å². The number of nitrogens with one attached hydrogen (secondary N) is 1. The first-order valence-corrected chi connectivity index (χ1v) is 5.19. The predicted molar refractivity (Wildman–Crippen MR) is 62.2 cm³/mol. The smallest absolute Gasteiger partial charge is 0.336 e. The molecule has 0 aliphatic heterocycles. The third kappa shape index (κ3) is 3.57. The van der Waals surface area contributed by atoms with Crippen molar-refractivity contribution in [2.24, 2.45) is 0 Å². The fourth-order valence-corrected chi connectivity index (χ4v) is 1.28. The first-order chi connectivity index (χ1) is 8.06. The highest BCUT2D eigenvalue weighted by Crippen LogP contribution is 2.08. The number of carboxylic acids is 1. The summed E-state index contributed by atoms with van der Waals surface area (Å²) in [5.74, 6) is -1.53. The molecule has 0 fully saturated rings. The van der Waals surface area contributed by atoms with E-state index in [1.165, 1.54) is 12.1 Å². The van der Waals surface area contributed by atoms with E-state index >= 15 is 0 Å². The maximum Gasteiger partial charge on any atom is 0.336 e. The van der Waals surface area contributed by atoms with Crippen LogP contribution in [0, 0.1) is 0 Å². The Hall–Kier alpha value is -1.88. The van der Waals surface area contributed by atoms with Gasteiger partial charge >= 0.3 is 5.97 Å². The van der Waals surface area contributed by atoms with Gasteiger partial charge in [0.05, 0.1) is 17.2 Å². The molecule has 0 radical (unpaired) electrons. The summed E-state index contributed by atoms with van der Waals surface area (Å²) in [4.78, 5) is 22.7. The van der Waals surface area contributed by atoms with Gasteiger partial charge in [-0.05, 0) is 19.1 Å². The molecule has 92 valence electrons. The molecule has 5 nitrogen and oxygen atoms in total. The topological polar surface area (TPSA) is 75.6 Å². The van der Waals surface area contributed by atoms with Crippen LogP contribution in [-0.4, -0.2) is 36.7 Å². The number of amides is 1. The van der Waals surface area contributed by atoms with Crippen molar-refractivity contribution in [3.8, 4) is 0 Å². The van der Waals surface area contributed by atoms with Crippen LogP contribution in [0.4, 0.5) is 0 Å². The number of aromatic carboxylic acids is 1. The van der Waals surface area contributed by atoms with Crippen molar-refractivity contribution >= 4 is 11.9 Å². The summed E-state index contributed by atoms with van der Waals surface area (Å²) in [6, 6.07) is 6.09. The highest BCUT2D eigenvalue weighted by molar-refractivity contribution is 6.04. The molecular weight excluding hydrogens is 222 g/mol. The molecule has 2 N–H and O–H groups in total. The Morgan fingerprint density at radius 1 is 1.35 bits per heavy atom. The number of carbonyl (C=O) groups excluding carboxylic acids is 1. The Balaban J connectivity index is 2.78. The number of methoxy groups -OCH3 is 1. The third-order valence-electron chi connectivity index (χ3n) is 2.35. The molecule has 1 rings (SSSR count). The van der Waals surface area contributed by atoms with Crippen molar-refractivity contribution in [1.82, 2.24) is 5.32 Å². The van der Waals surface area contributed by atoms with Gasteiger partial charge in [-0.15, -0.1) is 0 Å². The number of carbonyl (C=O) groups is 2. The molecule has 0 aromatic heterocycles. The molecule has 1 unspecified atom stereocenters. The molecule has 0 saturated carbocycles. The summed E-state index contributed by atoms with van der Waals surface area (Å²) < 4.78 is 4.98. The van der Waals surface area contributed by atoms with E-state index in [1.807, 2.05) is 6.92 Å². The molecule has 17 heavy (non-hydrogen) atoms. The molecule has 1 atom stereocenters. The van der Waals surface area contributed by atoms with E-state index in [-0.39, 0.29) is 17.2 Å². The molecule has 0 heterocycles. The van der Waals surface area contributed by atoms with Crippen LogP contribution in [0.1, 0.15) is 27.6 Å². The molecule has 0 aliphatic carbocycles. The van der Waals surface area contributed by atoms with Gasteiger partial charge in [-0.25, -0.2) is 4.79 Å². The van der Waals surface area contributed by atoms with Gasteiger partial charge in [0.15, 0.2) is 0 Å². The Morgan fingerprint density at radius 2 is 1.94 bits per heavy atom. The van der Waals surface area contributed by atoms with Gasteiger partial charge in [0, 0.05) is 13.7 Å². The molecule has 0 bridgehead atoms. The highest BCUT2D eigenvalue weighted by Gasteiger charge is 2.15. The number of hydrogen-bond donors (Lipinski definition) is 2. The summed E-state index contributed by atoms with van der Waals surface area (Å²) in [5.41, 5.74) is 0.151. The number of benzene rings is 1. The molecule has 0 spiro atoms. The lowest BCUT2D eigenvalue weighted by molar-refractivity contribution is 0.0689. The lowest BCUT2D eigenvalue weighted by Gasteiger charge is -2.11. The molecule has 1 amide bonds. The summed E-state index contributed by atoms with van der Waals surface area (Å²) in [5, 5.41) is 11.6. The normalized spacial score (nSPS) is 11.9. The average Bonchev–Trinajstić information content (AvgIpc) is 2.35. The predicted octanol–water partition coefficient (Wildman–Crippen LogP) is 1.15. The van der Waals surface area contributed by atoms with Gasteiger partial charge in [-0.2, -0.15) is 0 Å². The zero-order valence-corrected chi connectivity index (χ0v) is 9.77. The van der Waals surface area contributed by atoms with E-state index in [9.17, 15) is 9.59 Å². The number of rotatable bonds is 5. The minimum atomic E-state index is -1.12. The van der Waals surface area contributed by atoms with Crippen molar-refractivity contribution in [3.05, 3.63) is 35.4 Å². The highest BCUT2D eigenvalue weighted by atomic mass is 16.5. The van der Waals surface area contributed by atoms with Gasteiger partial charge < -0.3 is 15.2 Å². The lowest BCUT2D eigenvalue weighted by Crippen LogP contribution is -2.32. The van der Waals surface area contributed by atoms with Crippen LogP contribution < -0.4 is 5.32 Å². The van der Waals surface area contributed by atoms with E-state index in [0.717, 1.165) is 0 Å². The Morgan fingerprint density at radius 3 is 2.47 bits per heavy atom. The molecule has 0 saturated heterocycles. The van der Waals surface area contributed by atoms with Crippen molar-refractivity contribution < 1.29 is 19.4 Å². The SMILES string of the molecule is COC(C)CNC(=O)c1ccccc1C(=O)O. The minimum Gasteiger partial charge on any atom is -0.478 e. The van der Waals surface area contributed by atoms with Gasteiger partial charge in [0.1, 0.15) is 0 Å². The largest absolute Gasteiger partial charge is 0.478 e. The molecule has 1 aromatic carbocycles. The zero-order valence-electron chi connectivity index (χ0n) is 9.77. The van der Waals surface area contributed by atoms with Crippen molar-refractivity contribution in [1.29, 1.82) is 0 Å². The van der Waals surface area contributed by atoms with Crippen LogP contribution in [0.5, 0.6) is 0 Å². The van der Waals surface area contributed by atoms with E-state index in [4.69, 9.17) is 9.84 Å². The molecule has 0 aliphatic rings. The fourth-order valence-electron chi connectivity index (χ4n) is 1.28. The van der Waals surface area contributed by atoms with Crippen molar-refractivity contribution in [2.75, 3.05) is 13.7 Å². The maximum atomic E-state index is 11.8. The first-order valence-electron chi connectivity index (χ1n) is 5.19. The van der Waals surface area contributed by atoms with Crippen LogP contribution in [-0.2, 0) is 4.74 Å². The van der Waals surface area contributed by atoms with Gasteiger partial charge in [0.2, 0.25) is 0 Å². The quantitative estimate of drug-likeness (QED) is 0.805. The van der Waals surface area contributed by atoms with Gasteiger partial charge in [0.25, 0.3) is 5.91 Å². The Kier molecular flexibility index (Phi) is 4.66. The number of carboxylic acid groups (broad SMARTS) is 1. The van der Waals surface area contributed by atoms with Crippen LogP contribution in [0.3, 0.4) is 0 Å².